The Morgan fingerprint density at radius 2 is 1.26 bits per heavy atom. The zero-order valence-corrected chi connectivity index (χ0v) is 32.4. The minimum atomic E-state index is 0.976. The molecule has 9 aromatic rings. The molecular weight excluding hydrogens is 709 g/mol. The number of rotatable bonds is 7. The van der Waals surface area contributed by atoms with E-state index in [-0.39, 0.29) is 0 Å². The van der Waals surface area contributed by atoms with Gasteiger partial charge in [0.15, 0.2) is 0 Å². The molecule has 0 unspecified atom stereocenters. The lowest BCUT2D eigenvalue weighted by Gasteiger charge is -2.27. The zero-order chi connectivity index (χ0) is 37.7. The van der Waals surface area contributed by atoms with Gasteiger partial charge in [-0.15, -0.1) is 11.3 Å². The first-order valence-electron chi connectivity index (χ1n) is 20.0. The number of fused-ring (bicyclic) bond motifs is 8. The number of nitrogens with zero attached hydrogens (tertiary/aromatic N) is 1. The largest absolute Gasteiger partial charge is 0.355 e. The number of hydrogen-bond acceptors (Lipinski definition) is 3. The van der Waals surface area contributed by atoms with Crippen LogP contribution in [-0.2, 0) is 0 Å². The highest BCUT2D eigenvalue weighted by atomic mass is 32.1. The highest BCUT2D eigenvalue weighted by Gasteiger charge is 2.20. The van der Waals surface area contributed by atoms with Gasteiger partial charge in [-0.25, -0.2) is 0 Å². The summed E-state index contributed by atoms with van der Waals surface area (Å²) in [7, 11) is 0. The van der Waals surface area contributed by atoms with Crippen molar-refractivity contribution in [2.24, 2.45) is 0 Å². The standard InChI is InChI=1S/C54H40N2S/c1-2-13-36(14-3-1)37-25-30-41(31-26-37)56(51-23-12-21-48-46-20-9-11-24-52(46)57-54(48)51)42-32-28-40(29-33-42)55-50-22-10-8-19-45(50)49-35-39-16-5-6-17-43(39)47-34-27-38-15-4-7-18-44(38)53(47)49/h1-2,4-7,9-13,15-18,20-35,55H,3,8,14,19H2. The van der Waals surface area contributed by atoms with Crippen LogP contribution in [0.3, 0.4) is 0 Å². The minimum absolute atomic E-state index is 0.976. The molecule has 2 aliphatic carbocycles. The molecule has 3 heteroatoms. The van der Waals surface area contributed by atoms with E-state index in [1.54, 1.807) is 0 Å². The first kappa shape index (κ1) is 33.6. The van der Waals surface area contributed by atoms with E-state index in [2.05, 4.69) is 198 Å². The van der Waals surface area contributed by atoms with E-state index < -0.39 is 0 Å². The second-order valence-electron chi connectivity index (χ2n) is 15.2. The maximum Gasteiger partial charge on any atom is 0.0640 e. The summed E-state index contributed by atoms with van der Waals surface area (Å²) in [6.07, 6.45) is 15.4. The van der Waals surface area contributed by atoms with Crippen LogP contribution >= 0.6 is 11.3 Å². The SMILES string of the molecule is C1=CCCC(c2ccc(N(c3ccc(NC4=C(c5cc6ccccc6c6ccc7ccccc7c56)CCC=C4)cc3)c3cccc4c3sc3ccccc34)cc2)=C1. The Labute approximate surface area is 337 Å². The van der Waals surface area contributed by atoms with Crippen molar-refractivity contribution in [2.45, 2.75) is 25.7 Å². The van der Waals surface area contributed by atoms with Crippen LogP contribution in [0.5, 0.6) is 0 Å². The molecule has 0 amide bonds. The summed E-state index contributed by atoms with van der Waals surface area (Å²) in [5, 5.41) is 14.3. The molecule has 11 rings (SSSR count). The van der Waals surface area contributed by atoms with Gasteiger partial charge in [-0.3, -0.25) is 0 Å². The molecule has 1 aromatic heterocycles. The molecule has 57 heavy (non-hydrogen) atoms. The summed E-state index contributed by atoms with van der Waals surface area (Å²) in [6, 6.07) is 58.3. The topological polar surface area (TPSA) is 15.3 Å². The third-order valence-electron chi connectivity index (χ3n) is 11.8. The van der Waals surface area contributed by atoms with Crippen molar-refractivity contribution in [3.63, 3.8) is 0 Å². The fraction of sp³-hybridized carbons (Fsp3) is 0.0741. The molecule has 8 aromatic carbocycles. The maximum atomic E-state index is 3.89. The number of hydrogen-bond donors (Lipinski definition) is 1. The zero-order valence-electron chi connectivity index (χ0n) is 31.6. The number of nitrogens with one attached hydrogen (secondary N) is 1. The normalized spacial score (nSPS) is 14.3. The predicted octanol–water partition coefficient (Wildman–Crippen LogP) is 15.9. The highest BCUT2D eigenvalue weighted by molar-refractivity contribution is 7.26. The van der Waals surface area contributed by atoms with Gasteiger partial charge in [0.25, 0.3) is 0 Å². The summed E-state index contributed by atoms with van der Waals surface area (Å²) in [6.45, 7) is 0. The molecule has 0 bridgehead atoms. The smallest absolute Gasteiger partial charge is 0.0640 e. The van der Waals surface area contributed by atoms with Crippen molar-refractivity contribution in [2.75, 3.05) is 10.2 Å². The first-order chi connectivity index (χ1) is 28.3. The van der Waals surface area contributed by atoms with Crippen LogP contribution in [-0.4, -0.2) is 0 Å². The van der Waals surface area contributed by atoms with Gasteiger partial charge in [-0.1, -0.05) is 127 Å². The third-order valence-corrected chi connectivity index (χ3v) is 13.0. The van der Waals surface area contributed by atoms with E-state index in [0.717, 1.165) is 48.4 Å². The number of anilines is 4. The van der Waals surface area contributed by atoms with Crippen LogP contribution in [0.25, 0.3) is 63.6 Å². The lowest BCUT2D eigenvalue weighted by molar-refractivity contribution is 1.04. The van der Waals surface area contributed by atoms with E-state index in [1.165, 1.54) is 80.5 Å². The van der Waals surface area contributed by atoms with E-state index in [0.29, 0.717) is 0 Å². The second-order valence-corrected chi connectivity index (χ2v) is 16.2. The first-order valence-corrected chi connectivity index (χ1v) is 20.9. The molecule has 2 aliphatic rings. The molecule has 2 nitrogen and oxygen atoms in total. The lowest BCUT2D eigenvalue weighted by atomic mass is 9.86. The average Bonchev–Trinajstić information content (AvgIpc) is 3.67. The molecule has 0 radical (unpaired) electrons. The second kappa shape index (κ2) is 14.1. The summed E-state index contributed by atoms with van der Waals surface area (Å²) in [5.74, 6) is 0. The van der Waals surface area contributed by atoms with Gasteiger partial charge < -0.3 is 10.2 Å². The van der Waals surface area contributed by atoms with E-state index in [9.17, 15) is 0 Å². The molecule has 1 N–H and O–H groups in total. The number of benzene rings is 8. The van der Waals surface area contributed by atoms with Gasteiger partial charge in [0.2, 0.25) is 0 Å². The lowest BCUT2D eigenvalue weighted by Crippen LogP contribution is -2.10. The minimum Gasteiger partial charge on any atom is -0.355 e. The molecule has 0 saturated carbocycles. The van der Waals surface area contributed by atoms with Crippen molar-refractivity contribution in [1.82, 2.24) is 0 Å². The summed E-state index contributed by atoms with van der Waals surface area (Å²) in [4.78, 5) is 2.43. The summed E-state index contributed by atoms with van der Waals surface area (Å²) in [5.41, 5.74) is 11.1. The summed E-state index contributed by atoms with van der Waals surface area (Å²) < 4.78 is 2.60. The van der Waals surface area contributed by atoms with Crippen molar-refractivity contribution < 1.29 is 0 Å². The Balaban J connectivity index is 1.01. The van der Waals surface area contributed by atoms with Crippen LogP contribution in [0.4, 0.5) is 22.7 Å². The van der Waals surface area contributed by atoms with Gasteiger partial charge in [-0.05, 0) is 141 Å². The van der Waals surface area contributed by atoms with Gasteiger partial charge in [0, 0.05) is 38.2 Å². The molecule has 0 atom stereocenters. The van der Waals surface area contributed by atoms with Crippen molar-refractivity contribution in [3.05, 3.63) is 205 Å². The van der Waals surface area contributed by atoms with Crippen LogP contribution < -0.4 is 10.2 Å². The number of thiophene rings is 1. The number of allylic oxidation sites excluding steroid dienone is 7. The van der Waals surface area contributed by atoms with Crippen LogP contribution in [0, 0.1) is 0 Å². The Hall–Kier alpha value is -6.68. The Kier molecular flexibility index (Phi) is 8.33. The van der Waals surface area contributed by atoms with E-state index in [1.807, 2.05) is 11.3 Å². The van der Waals surface area contributed by atoms with Crippen molar-refractivity contribution in [3.8, 4) is 0 Å². The fourth-order valence-electron chi connectivity index (χ4n) is 9.03. The van der Waals surface area contributed by atoms with Crippen LogP contribution in [0.1, 0.15) is 36.8 Å². The molecule has 272 valence electrons. The fourth-order valence-corrected chi connectivity index (χ4v) is 10.2. The van der Waals surface area contributed by atoms with Gasteiger partial charge in [-0.2, -0.15) is 0 Å². The monoisotopic (exact) mass is 748 g/mol. The van der Waals surface area contributed by atoms with Crippen molar-refractivity contribution >= 4 is 97.7 Å². The van der Waals surface area contributed by atoms with Crippen LogP contribution in [0.15, 0.2) is 194 Å². The van der Waals surface area contributed by atoms with E-state index >= 15 is 0 Å². The quantitative estimate of drug-likeness (QED) is 0.163. The molecule has 1 heterocycles. The van der Waals surface area contributed by atoms with Gasteiger partial charge in [0.1, 0.15) is 0 Å². The van der Waals surface area contributed by atoms with Crippen molar-refractivity contribution in [1.29, 1.82) is 0 Å². The molecule has 0 fully saturated rings. The Morgan fingerprint density at radius 1 is 0.544 bits per heavy atom. The Morgan fingerprint density at radius 3 is 2.09 bits per heavy atom. The molecule has 0 spiro atoms. The summed E-state index contributed by atoms with van der Waals surface area (Å²) >= 11 is 1.87. The maximum absolute atomic E-state index is 3.89. The Bertz CT molecular complexity index is 3140. The molecular formula is C54H40N2S. The third kappa shape index (κ3) is 5.94. The molecule has 0 saturated heterocycles. The highest BCUT2D eigenvalue weighted by Crippen LogP contribution is 2.46. The molecule has 0 aliphatic heterocycles. The van der Waals surface area contributed by atoms with E-state index in [4.69, 9.17) is 0 Å². The predicted molar refractivity (Wildman–Crippen MR) is 248 cm³/mol. The van der Waals surface area contributed by atoms with Gasteiger partial charge >= 0.3 is 0 Å². The average molecular weight is 749 g/mol. The van der Waals surface area contributed by atoms with Crippen LogP contribution in [0.2, 0.25) is 0 Å². The van der Waals surface area contributed by atoms with Gasteiger partial charge in [0.05, 0.1) is 10.4 Å².